The van der Waals surface area contributed by atoms with Gasteiger partial charge >= 0.3 is 0 Å². The Balaban J connectivity index is 3.23. The molecule has 0 aromatic heterocycles. The molecule has 1 rings (SSSR count). The minimum absolute atomic E-state index is 0.0137. The Morgan fingerprint density at radius 2 is 1.67 bits per heavy atom. The van der Waals surface area contributed by atoms with Gasteiger partial charge in [-0.2, -0.15) is 0 Å². The molecule has 0 aliphatic carbocycles. The fourth-order valence-electron chi connectivity index (χ4n) is 0.665. The molecule has 0 heterocycles. The van der Waals surface area contributed by atoms with E-state index < -0.39 is 11.5 Å². The summed E-state index contributed by atoms with van der Waals surface area (Å²) in [6.45, 7) is 0. The van der Waals surface area contributed by atoms with Crippen molar-refractivity contribution >= 4 is 28.9 Å². The van der Waals surface area contributed by atoms with E-state index in [1.54, 1.807) is 0 Å². The molecule has 3 nitrogen and oxygen atoms in total. The summed E-state index contributed by atoms with van der Waals surface area (Å²) in [6, 6.07) is 1.89. The van der Waals surface area contributed by atoms with Crippen LogP contribution in [0.25, 0.3) is 0 Å². The maximum absolute atomic E-state index is 12.8. The fraction of sp³-hybridized carbons (Fsp3) is 0. The van der Waals surface area contributed by atoms with Crippen LogP contribution < -0.4 is 5.23 Å². The van der Waals surface area contributed by atoms with E-state index in [2.05, 4.69) is 0 Å². The highest BCUT2D eigenvalue weighted by Crippen LogP contribution is 2.28. The summed E-state index contributed by atoms with van der Waals surface area (Å²) < 4.78 is 12.8. The van der Waals surface area contributed by atoms with E-state index in [1.165, 1.54) is 0 Å². The molecule has 1 aromatic rings. The topological polar surface area (TPSA) is 43.7 Å². The van der Waals surface area contributed by atoms with E-state index in [0.717, 1.165) is 12.1 Å². The molecule has 0 saturated heterocycles. The quantitative estimate of drug-likeness (QED) is 0.555. The second kappa shape index (κ2) is 3.45. The van der Waals surface area contributed by atoms with Crippen molar-refractivity contribution in [3.05, 3.63) is 28.0 Å². The van der Waals surface area contributed by atoms with Crippen molar-refractivity contribution in [2.24, 2.45) is 0 Å². The van der Waals surface area contributed by atoms with Gasteiger partial charge in [0.1, 0.15) is 5.69 Å². The summed E-state index contributed by atoms with van der Waals surface area (Å²) in [5.41, 5.74) is -0.454. The Bertz CT molecular complexity index is 306. The summed E-state index contributed by atoms with van der Waals surface area (Å²) in [5.74, 6) is -0.866. The Labute approximate surface area is 77.5 Å². The first-order valence-corrected chi connectivity index (χ1v) is 3.60. The number of nitrogens with zero attached hydrogens (tertiary/aromatic N) is 1. The van der Waals surface area contributed by atoms with Crippen LogP contribution in [0.4, 0.5) is 10.1 Å². The van der Waals surface area contributed by atoms with Gasteiger partial charge in [-0.1, -0.05) is 23.2 Å². The lowest BCUT2D eigenvalue weighted by molar-refractivity contribution is 0.0273. The maximum Gasteiger partial charge on any atom is 0.153 e. The molecule has 0 aliphatic heterocycles. The lowest BCUT2D eigenvalue weighted by atomic mass is 10.3. The fourth-order valence-corrected chi connectivity index (χ4v) is 0.974. The minimum atomic E-state index is -0.866. The van der Waals surface area contributed by atoms with Gasteiger partial charge in [-0.15, -0.1) is 5.23 Å². The normalized spacial score (nSPS) is 10.1. The van der Waals surface area contributed by atoms with Gasteiger partial charge in [0.2, 0.25) is 0 Å². The molecule has 12 heavy (non-hydrogen) atoms. The molecule has 66 valence electrons. The lowest BCUT2D eigenvalue weighted by Gasteiger charge is -2.09. The van der Waals surface area contributed by atoms with Crippen LogP contribution in [0.15, 0.2) is 12.1 Å². The van der Waals surface area contributed by atoms with Gasteiger partial charge < -0.3 is 0 Å². The molecule has 0 radical (unpaired) electrons. The maximum atomic E-state index is 12.8. The number of anilines is 1. The summed E-state index contributed by atoms with van der Waals surface area (Å²) in [7, 11) is 0. The first kappa shape index (κ1) is 9.54. The van der Waals surface area contributed by atoms with Crippen LogP contribution in [-0.4, -0.2) is 10.4 Å². The lowest BCUT2D eigenvalue weighted by Crippen LogP contribution is -2.12. The van der Waals surface area contributed by atoms with Crippen molar-refractivity contribution in [1.82, 2.24) is 0 Å². The van der Waals surface area contributed by atoms with Gasteiger partial charge in [-0.25, -0.2) is 4.39 Å². The van der Waals surface area contributed by atoms with Crippen molar-refractivity contribution in [3.8, 4) is 0 Å². The van der Waals surface area contributed by atoms with Crippen LogP contribution in [0.5, 0.6) is 0 Å². The number of hydrogen-bond acceptors (Lipinski definition) is 3. The molecule has 0 unspecified atom stereocenters. The predicted molar refractivity (Wildman–Crippen MR) is 42.5 cm³/mol. The third kappa shape index (κ3) is 1.78. The van der Waals surface area contributed by atoms with E-state index in [4.69, 9.17) is 33.6 Å². The zero-order valence-corrected chi connectivity index (χ0v) is 7.14. The van der Waals surface area contributed by atoms with Crippen LogP contribution in [-0.2, 0) is 0 Å². The van der Waals surface area contributed by atoms with Crippen LogP contribution in [0.1, 0.15) is 0 Å². The smallest absolute Gasteiger partial charge is 0.153 e. The first-order chi connectivity index (χ1) is 5.52. The standard InChI is InChI=1S/C6H4Cl2FNO2/c7-3-1-5(9)6(10(11)12)2-4(3)8/h1-2,11-12H. The number of benzene rings is 1. The molecule has 0 amide bonds. The van der Waals surface area contributed by atoms with Gasteiger partial charge in [0.05, 0.1) is 10.0 Å². The number of halogens is 3. The zero-order valence-electron chi connectivity index (χ0n) is 5.63. The summed E-state index contributed by atoms with van der Waals surface area (Å²) in [4.78, 5) is 0. The van der Waals surface area contributed by atoms with Gasteiger partial charge in [0, 0.05) is 0 Å². The first-order valence-electron chi connectivity index (χ1n) is 2.85. The molecule has 0 spiro atoms. The summed E-state index contributed by atoms with van der Waals surface area (Å²) in [5, 5.41) is 16.6. The summed E-state index contributed by atoms with van der Waals surface area (Å²) >= 11 is 10.9. The second-order valence-electron chi connectivity index (χ2n) is 2.01. The van der Waals surface area contributed by atoms with Crippen molar-refractivity contribution in [1.29, 1.82) is 0 Å². The van der Waals surface area contributed by atoms with Crippen molar-refractivity contribution < 1.29 is 14.8 Å². The van der Waals surface area contributed by atoms with E-state index >= 15 is 0 Å². The average Bonchev–Trinajstić information content (AvgIpc) is 1.96. The Hall–Kier alpha value is -0.550. The molecule has 1 aromatic carbocycles. The van der Waals surface area contributed by atoms with Crippen molar-refractivity contribution in [2.45, 2.75) is 0 Å². The second-order valence-corrected chi connectivity index (χ2v) is 2.82. The van der Waals surface area contributed by atoms with Crippen LogP contribution >= 0.6 is 23.2 Å². The van der Waals surface area contributed by atoms with Gasteiger partial charge in [0.15, 0.2) is 5.82 Å². The van der Waals surface area contributed by atoms with Gasteiger partial charge in [0.25, 0.3) is 0 Å². The minimum Gasteiger partial charge on any atom is -0.264 e. The van der Waals surface area contributed by atoms with Crippen LogP contribution in [0.3, 0.4) is 0 Å². The predicted octanol–water partition coefficient (Wildman–Crippen LogP) is 2.72. The van der Waals surface area contributed by atoms with Gasteiger partial charge in [-0.3, -0.25) is 10.4 Å². The largest absolute Gasteiger partial charge is 0.264 e. The highest BCUT2D eigenvalue weighted by Gasteiger charge is 2.10. The Kier molecular flexibility index (Phi) is 2.74. The number of hydrogen-bond donors (Lipinski definition) is 2. The molecular formula is C6H4Cl2FNO2. The Morgan fingerprint density at radius 3 is 2.17 bits per heavy atom. The molecule has 0 saturated carbocycles. The van der Waals surface area contributed by atoms with Gasteiger partial charge in [-0.05, 0) is 12.1 Å². The molecular weight excluding hydrogens is 208 g/mol. The highest BCUT2D eigenvalue weighted by atomic mass is 35.5. The molecule has 0 bridgehead atoms. The van der Waals surface area contributed by atoms with E-state index in [9.17, 15) is 4.39 Å². The average molecular weight is 212 g/mol. The Morgan fingerprint density at radius 1 is 1.17 bits per heavy atom. The van der Waals surface area contributed by atoms with Crippen molar-refractivity contribution in [2.75, 3.05) is 5.23 Å². The molecule has 0 aliphatic rings. The molecule has 0 atom stereocenters. The number of rotatable bonds is 1. The van der Waals surface area contributed by atoms with E-state index in [-0.39, 0.29) is 15.3 Å². The molecule has 2 N–H and O–H groups in total. The van der Waals surface area contributed by atoms with Crippen LogP contribution in [0, 0.1) is 5.82 Å². The summed E-state index contributed by atoms with van der Waals surface area (Å²) in [6.07, 6.45) is 0. The molecule has 6 heteroatoms. The third-order valence-electron chi connectivity index (χ3n) is 1.21. The van der Waals surface area contributed by atoms with E-state index in [1.807, 2.05) is 0 Å². The SMILES string of the molecule is ON(O)c1cc(Cl)c(Cl)cc1F. The molecule has 0 fully saturated rings. The van der Waals surface area contributed by atoms with Crippen LogP contribution in [0.2, 0.25) is 10.0 Å². The third-order valence-corrected chi connectivity index (χ3v) is 1.93. The monoisotopic (exact) mass is 211 g/mol. The highest BCUT2D eigenvalue weighted by molar-refractivity contribution is 6.42. The van der Waals surface area contributed by atoms with E-state index in [0.29, 0.717) is 0 Å². The zero-order chi connectivity index (χ0) is 9.30. The van der Waals surface area contributed by atoms with Crippen molar-refractivity contribution in [3.63, 3.8) is 0 Å².